The fraction of sp³-hybridized carbons (Fsp3) is 0.269. The maximum Gasteiger partial charge on any atom is 0.270 e. The molecule has 0 radical (unpaired) electrons. The average molecular weight is 490 g/mol. The van der Waals surface area contributed by atoms with Crippen LogP contribution in [0.25, 0.3) is 11.1 Å². The molecule has 0 aliphatic heterocycles. The number of amides is 2. The van der Waals surface area contributed by atoms with Crippen LogP contribution in [0, 0.1) is 12.7 Å². The molecule has 4 aromatic rings. The van der Waals surface area contributed by atoms with Crippen LogP contribution in [-0.4, -0.2) is 43.8 Å². The van der Waals surface area contributed by atoms with E-state index in [9.17, 15) is 14.0 Å². The van der Waals surface area contributed by atoms with Gasteiger partial charge in [0.05, 0.1) is 24.0 Å². The molecule has 3 aromatic heterocycles. The fourth-order valence-electron chi connectivity index (χ4n) is 3.82. The molecule has 0 bridgehead atoms. The van der Waals surface area contributed by atoms with Gasteiger partial charge in [-0.15, -0.1) is 5.10 Å². The number of rotatable bonds is 10. The summed E-state index contributed by atoms with van der Waals surface area (Å²) in [7, 11) is 1.60. The van der Waals surface area contributed by atoms with Crippen LogP contribution in [0.2, 0.25) is 0 Å². The maximum atomic E-state index is 13.7. The van der Waals surface area contributed by atoms with E-state index in [0.717, 1.165) is 48.2 Å². The lowest BCUT2D eigenvalue weighted by atomic mass is 10.0. The summed E-state index contributed by atoms with van der Waals surface area (Å²) in [6.45, 7) is 2.70. The van der Waals surface area contributed by atoms with Gasteiger partial charge in [0.15, 0.2) is 5.82 Å². The van der Waals surface area contributed by atoms with E-state index in [1.165, 1.54) is 12.1 Å². The van der Waals surface area contributed by atoms with Gasteiger partial charge in [-0.1, -0.05) is 6.07 Å². The Kier molecular flexibility index (Phi) is 7.84. The number of pyridine rings is 1. The van der Waals surface area contributed by atoms with Crippen molar-refractivity contribution in [2.45, 2.75) is 39.2 Å². The van der Waals surface area contributed by atoms with Crippen LogP contribution in [-0.2, 0) is 24.2 Å². The summed E-state index contributed by atoms with van der Waals surface area (Å²) in [6.07, 6.45) is 6.06. The zero-order valence-corrected chi connectivity index (χ0v) is 20.2. The molecular weight excluding hydrogens is 461 g/mol. The number of hydrogen-bond acceptors (Lipinski definition) is 5. The molecule has 2 amide bonds. The molecule has 9 nitrogen and oxygen atoms in total. The molecule has 10 heteroatoms. The van der Waals surface area contributed by atoms with Crippen molar-refractivity contribution in [2.75, 3.05) is 12.4 Å². The first-order chi connectivity index (χ1) is 17.4. The van der Waals surface area contributed by atoms with Gasteiger partial charge in [0.2, 0.25) is 5.91 Å². The number of aromatic nitrogens is 5. The van der Waals surface area contributed by atoms with Gasteiger partial charge < -0.3 is 10.6 Å². The molecule has 0 saturated carbocycles. The molecule has 3 heterocycles. The Labute approximate surface area is 208 Å². The van der Waals surface area contributed by atoms with Crippen LogP contribution in [0.3, 0.4) is 0 Å². The van der Waals surface area contributed by atoms with Crippen molar-refractivity contribution in [3.63, 3.8) is 0 Å². The standard InChI is InChI=1S/C26H28FN7O2/c1-17-6-7-19(27)14-22(17)18-10-11-29-21(13-18)15-25(35)30-24-9-8-20(31-32-24)5-3-4-12-34-16-23(33-34)26(36)28-2/h6-11,13-14,16,33H,3-5,12,15H2,1-2H3,(H,28,36)(H,30,32,35). The Balaban J connectivity index is 1.24. The number of H-pyrrole nitrogens is 1. The highest BCUT2D eigenvalue weighted by Crippen LogP contribution is 2.24. The second-order valence-electron chi connectivity index (χ2n) is 8.51. The van der Waals surface area contributed by atoms with Gasteiger partial charge in [-0.2, -0.15) is 5.10 Å². The van der Waals surface area contributed by atoms with Gasteiger partial charge in [0.25, 0.3) is 5.91 Å². The van der Waals surface area contributed by atoms with E-state index < -0.39 is 0 Å². The second kappa shape index (κ2) is 11.4. The highest BCUT2D eigenvalue weighted by Gasteiger charge is 2.11. The van der Waals surface area contributed by atoms with Gasteiger partial charge in [0, 0.05) is 19.8 Å². The van der Waals surface area contributed by atoms with Gasteiger partial charge in [-0.25, -0.2) is 4.39 Å². The number of nitrogens with zero attached hydrogens (tertiary/aromatic N) is 4. The Hall–Kier alpha value is -4.34. The van der Waals surface area contributed by atoms with Crippen molar-refractivity contribution in [1.29, 1.82) is 0 Å². The number of carbonyl (C=O) groups excluding carboxylic acids is 2. The SMILES string of the molecule is CNC(=O)c1cn(CCCCc2ccc(NC(=O)Cc3cc(-c4cc(F)ccc4C)ccn3)nn2)[nH]1. The minimum absolute atomic E-state index is 0.0618. The Bertz CT molecular complexity index is 1330. The average Bonchev–Trinajstić information content (AvgIpc) is 2.85. The third-order valence-corrected chi connectivity index (χ3v) is 5.76. The van der Waals surface area contributed by atoms with Crippen molar-refractivity contribution in [2.24, 2.45) is 0 Å². The van der Waals surface area contributed by atoms with Crippen LogP contribution in [0.15, 0.2) is 54.9 Å². The Morgan fingerprint density at radius 2 is 1.89 bits per heavy atom. The lowest BCUT2D eigenvalue weighted by Gasteiger charge is -2.14. The number of anilines is 1. The van der Waals surface area contributed by atoms with E-state index in [4.69, 9.17) is 0 Å². The molecule has 4 rings (SSSR count). The molecule has 0 atom stereocenters. The summed E-state index contributed by atoms with van der Waals surface area (Å²) >= 11 is 0. The van der Waals surface area contributed by atoms with Crippen LogP contribution < -0.4 is 10.6 Å². The van der Waals surface area contributed by atoms with Crippen molar-refractivity contribution in [1.82, 2.24) is 30.3 Å². The van der Waals surface area contributed by atoms with Crippen LogP contribution in [0.4, 0.5) is 10.2 Å². The molecule has 186 valence electrons. The molecule has 0 spiro atoms. The van der Waals surface area contributed by atoms with E-state index in [0.29, 0.717) is 17.2 Å². The largest absolute Gasteiger partial charge is 0.354 e. The number of halogens is 1. The molecule has 0 unspecified atom stereocenters. The highest BCUT2D eigenvalue weighted by molar-refractivity contribution is 5.92. The first-order valence-electron chi connectivity index (χ1n) is 11.7. The number of aryl methyl sites for hydroxylation is 3. The van der Waals surface area contributed by atoms with Crippen LogP contribution in [0.1, 0.15) is 40.3 Å². The van der Waals surface area contributed by atoms with E-state index in [2.05, 4.69) is 30.9 Å². The maximum absolute atomic E-state index is 13.7. The number of nitrogens with one attached hydrogen (secondary N) is 3. The summed E-state index contributed by atoms with van der Waals surface area (Å²) in [4.78, 5) is 28.2. The molecule has 0 aliphatic rings. The van der Waals surface area contributed by atoms with Crippen molar-refractivity contribution >= 4 is 17.6 Å². The zero-order valence-electron chi connectivity index (χ0n) is 20.2. The minimum atomic E-state index is -0.310. The first kappa shape index (κ1) is 24.8. The normalized spacial score (nSPS) is 10.9. The van der Waals surface area contributed by atoms with Crippen LogP contribution >= 0.6 is 0 Å². The van der Waals surface area contributed by atoms with E-state index >= 15 is 0 Å². The molecule has 0 aliphatic carbocycles. The van der Waals surface area contributed by atoms with Gasteiger partial charge >= 0.3 is 0 Å². The smallest absolute Gasteiger partial charge is 0.270 e. The number of benzene rings is 1. The lowest BCUT2D eigenvalue weighted by molar-refractivity contribution is -0.115. The van der Waals surface area contributed by atoms with Gasteiger partial charge in [-0.3, -0.25) is 24.4 Å². The molecule has 3 N–H and O–H groups in total. The molecule has 0 fully saturated rings. The van der Waals surface area contributed by atoms with Crippen molar-refractivity contribution in [3.8, 4) is 11.1 Å². The quantitative estimate of drug-likeness (QED) is 0.294. The molecular formula is C26H28FN7O2. The predicted molar refractivity (Wildman–Crippen MR) is 134 cm³/mol. The third-order valence-electron chi connectivity index (χ3n) is 5.76. The van der Waals surface area contributed by atoms with E-state index in [1.54, 1.807) is 43.7 Å². The topological polar surface area (TPSA) is 118 Å². The van der Waals surface area contributed by atoms with Crippen LogP contribution in [0.5, 0.6) is 0 Å². The number of unbranched alkanes of at least 4 members (excludes halogenated alkanes) is 1. The Morgan fingerprint density at radius 3 is 2.64 bits per heavy atom. The fourth-order valence-corrected chi connectivity index (χ4v) is 3.82. The summed E-state index contributed by atoms with van der Waals surface area (Å²) < 4.78 is 15.6. The van der Waals surface area contributed by atoms with Gasteiger partial charge in [0.1, 0.15) is 11.5 Å². The molecule has 36 heavy (non-hydrogen) atoms. The predicted octanol–water partition coefficient (Wildman–Crippen LogP) is 3.68. The number of hydrogen-bond donors (Lipinski definition) is 3. The molecule has 1 aromatic carbocycles. The summed E-state index contributed by atoms with van der Waals surface area (Å²) in [5, 5.41) is 16.6. The first-order valence-corrected chi connectivity index (χ1v) is 11.7. The lowest BCUT2D eigenvalue weighted by Crippen LogP contribution is -2.25. The summed E-state index contributed by atoms with van der Waals surface area (Å²) in [5.74, 6) is -0.325. The third kappa shape index (κ3) is 6.41. The van der Waals surface area contributed by atoms with E-state index in [1.807, 2.05) is 17.7 Å². The second-order valence-corrected chi connectivity index (χ2v) is 8.51. The molecule has 0 saturated heterocycles. The summed E-state index contributed by atoms with van der Waals surface area (Å²) in [5.41, 5.74) is 4.50. The van der Waals surface area contributed by atoms with E-state index in [-0.39, 0.29) is 24.1 Å². The highest BCUT2D eigenvalue weighted by atomic mass is 19.1. The Morgan fingerprint density at radius 1 is 1.06 bits per heavy atom. The van der Waals surface area contributed by atoms with Crippen molar-refractivity contribution < 1.29 is 14.0 Å². The number of aromatic amines is 1. The van der Waals surface area contributed by atoms with Crippen molar-refractivity contribution in [3.05, 3.63) is 83.3 Å². The monoisotopic (exact) mass is 489 g/mol. The minimum Gasteiger partial charge on any atom is -0.354 e. The number of carbonyl (C=O) groups is 2. The summed E-state index contributed by atoms with van der Waals surface area (Å²) in [6, 6.07) is 11.8. The zero-order chi connectivity index (χ0) is 25.5. The van der Waals surface area contributed by atoms with Gasteiger partial charge in [-0.05, 0) is 79.3 Å².